The maximum absolute atomic E-state index is 13.4. The topological polar surface area (TPSA) is 79.7 Å². The van der Waals surface area contributed by atoms with E-state index in [0.717, 1.165) is 15.8 Å². The third-order valence-corrected chi connectivity index (χ3v) is 7.41. The summed E-state index contributed by atoms with van der Waals surface area (Å²) in [5.74, 6) is -1.02. The van der Waals surface area contributed by atoms with E-state index in [-0.39, 0.29) is 11.3 Å². The zero-order valence-corrected chi connectivity index (χ0v) is 21.5. The van der Waals surface area contributed by atoms with Gasteiger partial charge in [-0.3, -0.25) is 14.5 Å². The lowest BCUT2D eigenvalue weighted by Gasteiger charge is -2.23. The first kappa shape index (κ1) is 24.0. The number of hydrogen-bond donors (Lipinski definition) is 1. The fourth-order valence-electron chi connectivity index (χ4n) is 4.38. The zero-order valence-electron chi connectivity index (χ0n) is 19.9. The molecule has 5 rings (SSSR count). The number of ether oxygens (including phenoxy) is 1. The molecule has 1 unspecified atom stereocenters. The number of halogens is 1. The average Bonchev–Trinajstić information content (AvgIpc) is 3.39. The van der Waals surface area contributed by atoms with Gasteiger partial charge in [0.05, 0.1) is 28.4 Å². The Hall–Kier alpha value is -3.68. The smallest absolute Gasteiger partial charge is 0.301 e. The molecule has 1 atom stereocenters. The van der Waals surface area contributed by atoms with E-state index in [1.54, 1.807) is 24.3 Å². The van der Waals surface area contributed by atoms with Crippen LogP contribution in [0.1, 0.15) is 35.2 Å². The molecule has 0 bridgehead atoms. The highest BCUT2D eigenvalue weighted by molar-refractivity contribution is 7.22. The first-order valence-corrected chi connectivity index (χ1v) is 12.7. The van der Waals surface area contributed by atoms with Crippen LogP contribution in [0.3, 0.4) is 0 Å². The van der Waals surface area contributed by atoms with Crippen LogP contribution in [0, 0.1) is 13.8 Å². The largest absolute Gasteiger partial charge is 0.507 e. The van der Waals surface area contributed by atoms with Crippen LogP contribution in [-0.2, 0) is 9.59 Å². The highest BCUT2D eigenvalue weighted by Crippen LogP contribution is 2.45. The van der Waals surface area contributed by atoms with Crippen LogP contribution in [0.4, 0.5) is 5.13 Å². The molecule has 0 saturated carbocycles. The van der Waals surface area contributed by atoms with E-state index < -0.39 is 17.7 Å². The number of benzene rings is 3. The van der Waals surface area contributed by atoms with E-state index >= 15 is 0 Å². The van der Waals surface area contributed by atoms with Gasteiger partial charge in [0, 0.05) is 10.6 Å². The van der Waals surface area contributed by atoms with Gasteiger partial charge in [-0.2, -0.15) is 0 Å². The molecule has 1 aliphatic heterocycles. The van der Waals surface area contributed by atoms with Crippen LogP contribution in [-0.4, -0.2) is 28.4 Å². The number of hydrogen-bond acceptors (Lipinski definition) is 6. The normalized spacial score (nSPS) is 17.2. The number of aryl methyl sites for hydroxylation is 2. The number of ketones is 1. The second-order valence-electron chi connectivity index (χ2n) is 8.60. The number of nitrogens with zero attached hydrogens (tertiary/aromatic N) is 2. The molecule has 0 aliphatic carbocycles. The molecule has 6 nitrogen and oxygen atoms in total. The maximum Gasteiger partial charge on any atom is 0.301 e. The van der Waals surface area contributed by atoms with E-state index in [0.29, 0.717) is 39.2 Å². The molecular formula is C28H23ClN2O4S. The molecule has 1 aromatic heterocycles. The Kier molecular flexibility index (Phi) is 6.28. The van der Waals surface area contributed by atoms with Crippen molar-refractivity contribution in [3.63, 3.8) is 0 Å². The van der Waals surface area contributed by atoms with Crippen molar-refractivity contribution in [1.82, 2.24) is 4.98 Å². The van der Waals surface area contributed by atoms with Crippen molar-refractivity contribution in [2.24, 2.45) is 0 Å². The number of Topliss-reactive ketones (excluding diaryl/α,β-unsaturated/α-hetero) is 1. The summed E-state index contributed by atoms with van der Waals surface area (Å²) in [6.07, 6.45) is 0. The Morgan fingerprint density at radius 1 is 1.08 bits per heavy atom. The van der Waals surface area contributed by atoms with Crippen molar-refractivity contribution in [2.75, 3.05) is 11.5 Å². The van der Waals surface area contributed by atoms with Crippen LogP contribution in [0.15, 0.2) is 66.2 Å². The average molecular weight is 519 g/mol. The molecule has 3 aromatic carbocycles. The van der Waals surface area contributed by atoms with Crippen molar-refractivity contribution < 1.29 is 19.4 Å². The van der Waals surface area contributed by atoms with Gasteiger partial charge in [-0.15, -0.1) is 0 Å². The van der Waals surface area contributed by atoms with Crippen LogP contribution < -0.4 is 9.64 Å². The summed E-state index contributed by atoms with van der Waals surface area (Å²) in [5, 5.41) is 12.3. The first-order valence-electron chi connectivity index (χ1n) is 11.5. The van der Waals surface area contributed by atoms with E-state index in [4.69, 9.17) is 16.3 Å². The molecule has 36 heavy (non-hydrogen) atoms. The summed E-state index contributed by atoms with van der Waals surface area (Å²) in [6.45, 7) is 6.19. The van der Waals surface area contributed by atoms with Gasteiger partial charge < -0.3 is 9.84 Å². The van der Waals surface area contributed by atoms with Gasteiger partial charge in [-0.05, 0) is 68.3 Å². The van der Waals surface area contributed by atoms with Crippen LogP contribution in [0.2, 0.25) is 5.02 Å². The lowest BCUT2D eigenvalue weighted by molar-refractivity contribution is -0.132. The molecule has 8 heteroatoms. The molecule has 1 aliphatic rings. The number of aromatic nitrogens is 1. The first-order chi connectivity index (χ1) is 17.3. The van der Waals surface area contributed by atoms with Crippen LogP contribution >= 0.6 is 22.9 Å². The standard InChI is InChI=1S/C28H23ClN2O4S/c1-4-35-19-11-12-21-22(14-19)36-28(30-21)31-24(17-7-9-18(29)10-8-17)23(26(33)27(31)34)25(32)20-13-15(2)5-6-16(20)3/h5-14,24,32H,4H2,1-3H3/b25-23+. The fourth-order valence-corrected chi connectivity index (χ4v) is 5.53. The third kappa shape index (κ3) is 4.14. The summed E-state index contributed by atoms with van der Waals surface area (Å²) in [5.41, 5.74) is 3.57. The SMILES string of the molecule is CCOc1ccc2nc(N3C(=O)C(=O)/C(=C(/O)c4cc(C)ccc4C)C3c3ccc(Cl)cc3)sc2c1. The van der Waals surface area contributed by atoms with Gasteiger partial charge >= 0.3 is 5.91 Å². The molecule has 0 spiro atoms. The van der Waals surface area contributed by atoms with Crippen molar-refractivity contribution >= 4 is 55.7 Å². The van der Waals surface area contributed by atoms with E-state index in [2.05, 4.69) is 4.98 Å². The molecule has 4 aromatic rings. The van der Waals surface area contributed by atoms with E-state index in [9.17, 15) is 14.7 Å². The Labute approximate surface area is 217 Å². The fraction of sp³-hybridized carbons (Fsp3) is 0.179. The number of carbonyl (C=O) groups is 2. The highest BCUT2D eigenvalue weighted by atomic mass is 35.5. The number of anilines is 1. The molecule has 1 amide bonds. The quantitative estimate of drug-likeness (QED) is 0.183. The van der Waals surface area contributed by atoms with E-state index in [1.165, 1.54) is 16.2 Å². The summed E-state index contributed by atoms with van der Waals surface area (Å²) in [4.78, 5) is 32.9. The molecule has 2 heterocycles. The van der Waals surface area contributed by atoms with Crippen LogP contribution in [0.5, 0.6) is 5.75 Å². The second-order valence-corrected chi connectivity index (χ2v) is 10.0. The number of carbonyl (C=O) groups excluding carboxylic acids is 2. The number of aliphatic hydroxyl groups is 1. The predicted molar refractivity (Wildman–Crippen MR) is 143 cm³/mol. The number of thiazole rings is 1. The number of amides is 1. The molecule has 1 N–H and O–H groups in total. The van der Waals surface area contributed by atoms with Gasteiger partial charge in [-0.1, -0.05) is 52.8 Å². The van der Waals surface area contributed by atoms with Gasteiger partial charge in [0.15, 0.2) is 5.13 Å². The van der Waals surface area contributed by atoms with Gasteiger partial charge in [0.25, 0.3) is 5.78 Å². The monoisotopic (exact) mass is 518 g/mol. The minimum Gasteiger partial charge on any atom is -0.507 e. The number of rotatable bonds is 5. The van der Waals surface area contributed by atoms with E-state index in [1.807, 2.05) is 57.2 Å². The number of fused-ring (bicyclic) bond motifs is 1. The molecule has 1 saturated heterocycles. The van der Waals surface area contributed by atoms with Crippen molar-refractivity contribution in [2.45, 2.75) is 26.8 Å². The molecule has 182 valence electrons. The van der Waals surface area contributed by atoms with Crippen molar-refractivity contribution in [3.05, 3.63) is 93.5 Å². The minimum atomic E-state index is -0.867. The van der Waals surface area contributed by atoms with Crippen molar-refractivity contribution in [3.8, 4) is 5.75 Å². The Balaban J connectivity index is 1.72. The summed E-state index contributed by atoms with van der Waals surface area (Å²) in [6, 6.07) is 17.2. The Morgan fingerprint density at radius 3 is 2.56 bits per heavy atom. The minimum absolute atomic E-state index is 0.0188. The lowest BCUT2D eigenvalue weighted by Crippen LogP contribution is -2.29. The summed E-state index contributed by atoms with van der Waals surface area (Å²) >= 11 is 7.41. The van der Waals surface area contributed by atoms with Gasteiger partial charge in [0.1, 0.15) is 11.5 Å². The summed E-state index contributed by atoms with van der Waals surface area (Å²) < 4.78 is 6.42. The Morgan fingerprint density at radius 2 is 1.83 bits per heavy atom. The third-order valence-electron chi connectivity index (χ3n) is 6.14. The van der Waals surface area contributed by atoms with Gasteiger partial charge in [-0.25, -0.2) is 4.98 Å². The highest BCUT2D eigenvalue weighted by Gasteiger charge is 2.48. The molecular weight excluding hydrogens is 496 g/mol. The predicted octanol–water partition coefficient (Wildman–Crippen LogP) is 6.59. The van der Waals surface area contributed by atoms with Crippen LogP contribution in [0.25, 0.3) is 16.0 Å². The van der Waals surface area contributed by atoms with Crippen molar-refractivity contribution in [1.29, 1.82) is 0 Å². The second kappa shape index (κ2) is 9.41. The maximum atomic E-state index is 13.4. The lowest BCUT2D eigenvalue weighted by atomic mass is 9.93. The molecule has 0 radical (unpaired) electrons. The van der Waals surface area contributed by atoms with Gasteiger partial charge in [0.2, 0.25) is 0 Å². The Bertz CT molecular complexity index is 1540. The zero-order chi connectivity index (χ0) is 25.6. The number of aliphatic hydroxyl groups excluding tert-OH is 1. The molecule has 1 fully saturated rings. The summed E-state index contributed by atoms with van der Waals surface area (Å²) in [7, 11) is 0.